The highest BCUT2D eigenvalue weighted by Gasteiger charge is 2.16. The lowest BCUT2D eigenvalue weighted by atomic mass is 10.2. The molecular formula is C26H24O4S2. The van der Waals surface area contributed by atoms with Gasteiger partial charge in [0.25, 0.3) is 0 Å². The van der Waals surface area contributed by atoms with Crippen molar-refractivity contribution in [2.24, 2.45) is 0 Å². The summed E-state index contributed by atoms with van der Waals surface area (Å²) in [7, 11) is -2.25. The Bertz CT molecular complexity index is 1150. The van der Waals surface area contributed by atoms with Gasteiger partial charge >= 0.3 is 10.1 Å². The number of ether oxygens (including phenoxy) is 1. The predicted molar refractivity (Wildman–Crippen MR) is 129 cm³/mol. The first-order valence-electron chi connectivity index (χ1n) is 9.89. The predicted octanol–water partition coefficient (Wildman–Crippen LogP) is 6.61. The van der Waals surface area contributed by atoms with E-state index < -0.39 is 10.1 Å². The zero-order valence-electron chi connectivity index (χ0n) is 17.8. The van der Waals surface area contributed by atoms with Gasteiger partial charge in [0, 0.05) is 9.79 Å². The van der Waals surface area contributed by atoms with Crippen LogP contribution in [0.2, 0.25) is 0 Å². The van der Waals surface area contributed by atoms with Crippen molar-refractivity contribution in [1.29, 1.82) is 0 Å². The molecule has 32 heavy (non-hydrogen) atoms. The summed E-state index contributed by atoms with van der Waals surface area (Å²) in [5.41, 5.74) is 0.989. The smallest absolute Gasteiger partial charge is 0.339 e. The van der Waals surface area contributed by atoms with Crippen LogP contribution in [-0.2, 0) is 10.1 Å². The van der Waals surface area contributed by atoms with Crippen molar-refractivity contribution in [2.45, 2.75) is 21.6 Å². The Morgan fingerprint density at radius 1 is 0.625 bits per heavy atom. The molecule has 0 spiro atoms. The molecule has 0 saturated heterocycles. The van der Waals surface area contributed by atoms with E-state index in [4.69, 9.17) is 8.92 Å². The standard InChI is InChI=1S/C14H14O4S.C12H10S/c1-11-3-9-14(10-4-11)19(15,16)18-13-7-5-12(17-2)6-8-13;1-3-7-11(8-4-1)13-12-9-5-2-6-10-12/h3-10H,1-2H3;1-10H. The van der Waals surface area contributed by atoms with E-state index in [0.29, 0.717) is 5.75 Å². The van der Waals surface area contributed by atoms with E-state index in [9.17, 15) is 8.42 Å². The van der Waals surface area contributed by atoms with Gasteiger partial charge in [-0.1, -0.05) is 65.9 Å². The van der Waals surface area contributed by atoms with E-state index in [1.807, 2.05) is 19.1 Å². The van der Waals surface area contributed by atoms with E-state index in [1.165, 1.54) is 21.9 Å². The lowest BCUT2D eigenvalue weighted by Gasteiger charge is -2.07. The number of methoxy groups -OCH3 is 1. The number of aryl methyl sites for hydroxylation is 1. The molecule has 0 N–H and O–H groups in total. The molecule has 164 valence electrons. The highest BCUT2D eigenvalue weighted by atomic mass is 32.2. The summed E-state index contributed by atoms with van der Waals surface area (Å²) in [4.78, 5) is 2.70. The molecule has 0 aromatic heterocycles. The van der Waals surface area contributed by atoms with Crippen LogP contribution in [0.5, 0.6) is 11.5 Å². The Balaban J connectivity index is 0.000000193. The molecule has 0 radical (unpaired) electrons. The minimum absolute atomic E-state index is 0.133. The Morgan fingerprint density at radius 2 is 1.09 bits per heavy atom. The first-order valence-corrected chi connectivity index (χ1v) is 12.1. The van der Waals surface area contributed by atoms with Crippen LogP contribution in [0.15, 0.2) is 124 Å². The van der Waals surface area contributed by atoms with Gasteiger partial charge in [-0.25, -0.2) is 0 Å². The van der Waals surface area contributed by atoms with E-state index in [0.717, 1.165) is 5.56 Å². The lowest BCUT2D eigenvalue weighted by Crippen LogP contribution is -2.09. The second-order valence-corrected chi connectivity index (χ2v) is 9.45. The Hall–Kier alpha value is -3.22. The molecule has 6 heteroatoms. The van der Waals surface area contributed by atoms with Crippen LogP contribution in [-0.4, -0.2) is 15.5 Å². The number of hydrogen-bond donors (Lipinski definition) is 0. The number of benzene rings is 4. The molecule has 0 heterocycles. The normalized spacial score (nSPS) is 10.6. The van der Waals surface area contributed by atoms with E-state index in [2.05, 4.69) is 48.5 Å². The van der Waals surface area contributed by atoms with Crippen LogP contribution < -0.4 is 8.92 Å². The van der Waals surface area contributed by atoms with Crippen molar-refractivity contribution in [2.75, 3.05) is 7.11 Å². The van der Waals surface area contributed by atoms with Crippen LogP contribution in [0.4, 0.5) is 0 Å². The first kappa shape index (κ1) is 23.4. The molecular weight excluding hydrogens is 440 g/mol. The maximum atomic E-state index is 12.0. The van der Waals surface area contributed by atoms with Gasteiger partial charge in [0.2, 0.25) is 0 Å². The summed E-state index contributed by atoms with van der Waals surface area (Å²) in [5.74, 6) is 0.890. The van der Waals surface area contributed by atoms with Crippen molar-refractivity contribution in [1.82, 2.24) is 0 Å². The highest BCUT2D eigenvalue weighted by Crippen LogP contribution is 2.26. The molecule has 0 amide bonds. The third-order valence-electron chi connectivity index (χ3n) is 4.30. The lowest BCUT2D eigenvalue weighted by molar-refractivity contribution is 0.413. The van der Waals surface area contributed by atoms with Crippen LogP contribution in [0, 0.1) is 6.92 Å². The fourth-order valence-corrected chi connectivity index (χ4v) is 4.41. The fourth-order valence-electron chi connectivity index (χ4n) is 2.62. The first-order chi connectivity index (χ1) is 15.5. The van der Waals surface area contributed by atoms with Crippen molar-refractivity contribution >= 4 is 21.9 Å². The molecule has 0 aliphatic rings. The zero-order chi connectivity index (χ0) is 22.8. The third-order valence-corrected chi connectivity index (χ3v) is 6.57. The molecule has 0 aliphatic heterocycles. The summed E-state index contributed by atoms with van der Waals surface area (Å²) in [6.45, 7) is 1.89. The molecule has 4 rings (SSSR count). The monoisotopic (exact) mass is 464 g/mol. The van der Waals surface area contributed by atoms with Gasteiger partial charge in [0.15, 0.2) is 0 Å². The van der Waals surface area contributed by atoms with Crippen LogP contribution in [0.3, 0.4) is 0 Å². The molecule has 0 saturated carbocycles. The largest absolute Gasteiger partial charge is 0.497 e. The maximum Gasteiger partial charge on any atom is 0.339 e. The average molecular weight is 465 g/mol. The Labute approximate surface area is 194 Å². The number of hydrogen-bond acceptors (Lipinski definition) is 5. The van der Waals surface area contributed by atoms with Crippen molar-refractivity contribution in [3.05, 3.63) is 115 Å². The molecule has 0 unspecified atom stereocenters. The van der Waals surface area contributed by atoms with Gasteiger partial charge in [-0.15, -0.1) is 0 Å². The van der Waals surface area contributed by atoms with Gasteiger partial charge < -0.3 is 8.92 Å². The molecule has 0 fully saturated rings. The molecule has 0 bridgehead atoms. The molecule has 4 aromatic carbocycles. The van der Waals surface area contributed by atoms with Crippen molar-refractivity contribution in [3.63, 3.8) is 0 Å². The fraction of sp³-hybridized carbons (Fsp3) is 0.0769. The summed E-state index contributed by atoms with van der Waals surface area (Å²) < 4.78 is 34.1. The summed E-state index contributed by atoms with van der Waals surface area (Å²) in [6.07, 6.45) is 0. The minimum Gasteiger partial charge on any atom is -0.497 e. The van der Waals surface area contributed by atoms with Crippen molar-refractivity contribution < 1.29 is 17.3 Å². The van der Waals surface area contributed by atoms with Crippen LogP contribution in [0.1, 0.15) is 5.56 Å². The van der Waals surface area contributed by atoms with Crippen molar-refractivity contribution in [3.8, 4) is 11.5 Å². The SMILES string of the molecule is COc1ccc(OS(=O)(=O)c2ccc(C)cc2)cc1.c1ccc(Sc2ccccc2)cc1. The van der Waals surface area contributed by atoms with Gasteiger partial charge in [0.05, 0.1) is 7.11 Å². The third kappa shape index (κ3) is 7.18. The molecule has 4 nitrogen and oxygen atoms in total. The van der Waals surface area contributed by atoms with E-state index >= 15 is 0 Å². The minimum atomic E-state index is -3.79. The second-order valence-electron chi connectivity index (χ2n) is 6.75. The zero-order valence-corrected chi connectivity index (χ0v) is 19.5. The number of rotatable bonds is 6. The summed E-state index contributed by atoms with van der Waals surface area (Å²) in [6, 6.07) is 33.7. The highest BCUT2D eigenvalue weighted by molar-refractivity contribution is 7.99. The van der Waals surface area contributed by atoms with E-state index in [-0.39, 0.29) is 10.6 Å². The van der Waals surface area contributed by atoms with Gasteiger partial charge in [-0.05, 0) is 67.6 Å². The van der Waals surface area contributed by atoms with Crippen LogP contribution in [0.25, 0.3) is 0 Å². The topological polar surface area (TPSA) is 52.6 Å². The van der Waals surface area contributed by atoms with Crippen LogP contribution >= 0.6 is 11.8 Å². The maximum absolute atomic E-state index is 12.0. The Kier molecular flexibility index (Phi) is 8.36. The molecule has 4 aromatic rings. The Morgan fingerprint density at radius 3 is 1.56 bits per heavy atom. The second kappa shape index (κ2) is 11.4. The van der Waals surface area contributed by atoms with Gasteiger partial charge in [-0.2, -0.15) is 8.42 Å². The summed E-state index contributed by atoms with van der Waals surface area (Å²) >= 11 is 1.79. The quantitative estimate of drug-likeness (QED) is 0.301. The average Bonchev–Trinajstić information content (AvgIpc) is 2.81. The van der Waals surface area contributed by atoms with E-state index in [1.54, 1.807) is 55.3 Å². The van der Waals surface area contributed by atoms with Gasteiger partial charge in [-0.3, -0.25) is 0 Å². The summed E-state index contributed by atoms with van der Waals surface area (Å²) in [5, 5.41) is 0. The molecule has 0 atom stereocenters. The van der Waals surface area contributed by atoms with Gasteiger partial charge in [0.1, 0.15) is 16.4 Å². The molecule has 0 aliphatic carbocycles.